The van der Waals surface area contributed by atoms with E-state index in [0.29, 0.717) is 48.8 Å². The zero-order valence-corrected chi connectivity index (χ0v) is 41.4. The summed E-state index contributed by atoms with van der Waals surface area (Å²) in [5, 5.41) is 49.1. The SMILES string of the molecule is CCC(C)C1NC(=O)CNC(=O)C2Cc3c([nH]c4cc(OCCCCCC(C)=O)ccc34)S(=O)CC(NC(=O)CNC1=O)C(=O)NC(CC(N)=O)C(=O)N1CC(O)CC1C(=O)NC(C(C)C(O)CO)C(=O)N2. The molecule has 13 N–H and O–H groups in total. The van der Waals surface area contributed by atoms with Gasteiger partial charge in [0.15, 0.2) is 0 Å². The molecule has 1 aromatic carbocycles. The highest BCUT2D eigenvalue weighted by atomic mass is 32.2. The van der Waals surface area contributed by atoms with E-state index in [2.05, 4.69) is 42.2 Å². The van der Waals surface area contributed by atoms with Crippen LogP contribution in [0.15, 0.2) is 23.2 Å². The number of ketones is 1. The lowest BCUT2D eigenvalue weighted by atomic mass is 9.93. The second-order valence-electron chi connectivity index (χ2n) is 18.5. The van der Waals surface area contributed by atoms with Gasteiger partial charge in [-0.15, -0.1) is 0 Å². The number of carbonyl (C=O) groups excluding carboxylic acids is 10. The number of nitrogens with two attached hydrogens (primary N) is 1. The Kier molecular flexibility index (Phi) is 20.2. The largest absolute Gasteiger partial charge is 0.494 e. The summed E-state index contributed by atoms with van der Waals surface area (Å²) in [5.74, 6) is -11.3. The molecule has 1 saturated heterocycles. The fourth-order valence-corrected chi connectivity index (χ4v) is 10.0. The third kappa shape index (κ3) is 14.8. The minimum Gasteiger partial charge on any atom is -0.494 e. The molecule has 0 radical (unpaired) electrons. The van der Waals surface area contributed by atoms with Crippen molar-refractivity contribution in [2.75, 3.05) is 38.6 Å². The molecule has 3 aliphatic rings. The minimum atomic E-state index is -2.38. The number of H-pyrrole nitrogens is 1. The van der Waals surface area contributed by atoms with Crippen LogP contribution in [0, 0.1) is 11.8 Å². The molecule has 4 heterocycles. The Balaban J connectivity index is 1.71. The van der Waals surface area contributed by atoms with Crippen molar-refractivity contribution in [2.24, 2.45) is 17.6 Å². The van der Waals surface area contributed by atoms with E-state index in [9.17, 15) is 67.5 Å². The second kappa shape index (κ2) is 25.7. The van der Waals surface area contributed by atoms with Gasteiger partial charge in [-0.3, -0.25) is 47.4 Å². The third-order valence-corrected chi connectivity index (χ3v) is 14.4. The van der Waals surface area contributed by atoms with E-state index in [1.165, 1.54) is 13.8 Å². The number of rotatable bonds is 14. The number of carbonyl (C=O) groups is 10. The molecule has 1 fully saturated rings. The molecule has 11 unspecified atom stereocenters. The maximum absolute atomic E-state index is 14.9. The lowest BCUT2D eigenvalue weighted by Crippen LogP contribution is -2.62. The first-order valence-corrected chi connectivity index (χ1v) is 25.2. The van der Waals surface area contributed by atoms with Gasteiger partial charge in [0, 0.05) is 43.2 Å². The standard InChI is InChI=1S/C46H66N10O15S/c1-5-22(2)38-43(67)49-17-36(62)50-32-21-72(70)45-28(27-11-10-26(14-29(27)53-45)71-12-8-6-7-9-23(3)58)15-30(40(64)48-18-37(63)54-38)51-44(68)39(24(4)34(60)20-57)55-42(66)33-13-25(59)19-56(33)46(69)31(16-35(47)61)52-41(32)65/h10-11,14,22,24-25,30-34,38-39,53,57,59-60H,5-9,12-13,15-21H2,1-4H3,(H2,47,61)(H,48,64)(H,49,67)(H,50,62)(H,51,68)(H,52,65)(H,54,63)(H,55,66). The van der Waals surface area contributed by atoms with Crippen molar-refractivity contribution in [3.05, 3.63) is 23.8 Å². The summed E-state index contributed by atoms with van der Waals surface area (Å²) in [7, 11) is -2.38. The van der Waals surface area contributed by atoms with E-state index in [0.717, 1.165) is 4.90 Å². The van der Waals surface area contributed by atoms with Crippen molar-refractivity contribution < 1.29 is 72.2 Å². The lowest BCUT2D eigenvalue weighted by molar-refractivity contribution is -0.144. The molecule has 26 heteroatoms. The van der Waals surface area contributed by atoms with Crippen molar-refractivity contribution in [1.29, 1.82) is 0 Å². The topological polar surface area (TPSA) is 387 Å². The molecule has 0 saturated carbocycles. The minimum absolute atomic E-state index is 0.0695. The Morgan fingerprint density at radius 1 is 0.861 bits per heavy atom. The van der Waals surface area contributed by atoms with E-state index in [1.54, 1.807) is 32.0 Å². The summed E-state index contributed by atoms with van der Waals surface area (Å²) in [5.41, 5.74) is 5.96. The zero-order valence-electron chi connectivity index (χ0n) is 40.6. The highest BCUT2D eigenvalue weighted by molar-refractivity contribution is 7.85. The molecule has 3 aliphatic heterocycles. The van der Waals surface area contributed by atoms with Crippen LogP contribution in [0.2, 0.25) is 0 Å². The van der Waals surface area contributed by atoms with Crippen molar-refractivity contribution in [1.82, 2.24) is 47.1 Å². The van der Waals surface area contributed by atoms with Crippen LogP contribution in [-0.2, 0) is 65.2 Å². The number of fused-ring (bicyclic) bond motifs is 5. The van der Waals surface area contributed by atoms with Crippen molar-refractivity contribution in [3.63, 3.8) is 0 Å². The number of nitrogens with zero attached hydrogens (tertiary/aromatic N) is 1. The fraction of sp³-hybridized carbons (Fsp3) is 0.609. The van der Waals surface area contributed by atoms with E-state index in [1.807, 2.05) is 0 Å². The van der Waals surface area contributed by atoms with Crippen LogP contribution in [-0.4, -0.2) is 175 Å². The fourth-order valence-electron chi connectivity index (χ4n) is 8.63. The average molecular weight is 1030 g/mol. The molecule has 5 rings (SSSR count). The van der Waals surface area contributed by atoms with Gasteiger partial charge in [0.2, 0.25) is 53.2 Å². The van der Waals surface area contributed by atoms with Crippen LogP contribution in [0.1, 0.15) is 78.2 Å². The number of benzene rings is 1. The Morgan fingerprint density at radius 3 is 2.22 bits per heavy atom. The molecule has 25 nitrogen and oxygen atoms in total. The van der Waals surface area contributed by atoms with Crippen LogP contribution in [0.4, 0.5) is 0 Å². The van der Waals surface area contributed by atoms with Crippen LogP contribution >= 0.6 is 0 Å². The predicted octanol–water partition coefficient (Wildman–Crippen LogP) is -4.10. The summed E-state index contributed by atoms with van der Waals surface area (Å²) in [6, 6.07) is -5.20. The molecule has 1 aromatic heterocycles. The summed E-state index contributed by atoms with van der Waals surface area (Å²) < 4.78 is 20.9. The normalized spacial score (nSPS) is 26.6. The highest BCUT2D eigenvalue weighted by Crippen LogP contribution is 2.31. The first-order valence-electron chi connectivity index (χ1n) is 23.9. The molecular weight excluding hydrogens is 965 g/mol. The average Bonchev–Trinajstić information content (AvgIpc) is 3.91. The Morgan fingerprint density at radius 2 is 1.56 bits per heavy atom. The third-order valence-electron chi connectivity index (χ3n) is 13.0. The maximum Gasteiger partial charge on any atom is 0.246 e. The summed E-state index contributed by atoms with van der Waals surface area (Å²) in [6.07, 6.45) is -1.98. The van der Waals surface area contributed by atoms with E-state index in [4.69, 9.17) is 10.5 Å². The number of Topliss-reactive ketones (excluding diaryl/α,β-unsaturated/α-hetero) is 1. The van der Waals surface area contributed by atoms with Gasteiger partial charge in [-0.1, -0.05) is 27.2 Å². The molecule has 0 spiro atoms. The first-order chi connectivity index (χ1) is 34.1. The molecule has 2 bridgehead atoms. The van der Waals surface area contributed by atoms with Crippen molar-refractivity contribution in [2.45, 2.75) is 133 Å². The van der Waals surface area contributed by atoms with E-state index < -0.39 is 176 Å². The molecule has 0 aliphatic carbocycles. The maximum atomic E-state index is 14.9. The van der Waals surface area contributed by atoms with Gasteiger partial charge in [-0.2, -0.15) is 0 Å². The second-order valence-corrected chi connectivity index (χ2v) is 19.9. The van der Waals surface area contributed by atoms with Crippen molar-refractivity contribution >= 4 is 80.7 Å². The number of hydrogen-bond acceptors (Lipinski definition) is 15. The van der Waals surface area contributed by atoms with Gasteiger partial charge in [0.25, 0.3) is 0 Å². The van der Waals surface area contributed by atoms with E-state index >= 15 is 0 Å². The number of amides is 9. The monoisotopic (exact) mass is 1030 g/mol. The number of unbranched alkanes of at least 4 members (excludes halogenated alkanes) is 2. The Labute approximate surface area is 417 Å². The van der Waals surface area contributed by atoms with Crippen molar-refractivity contribution in [3.8, 4) is 5.75 Å². The van der Waals surface area contributed by atoms with Crippen LogP contribution in [0.25, 0.3) is 10.9 Å². The lowest BCUT2D eigenvalue weighted by Gasteiger charge is -2.32. The molecule has 9 amide bonds. The zero-order chi connectivity index (χ0) is 53.0. The van der Waals surface area contributed by atoms with Crippen LogP contribution in [0.3, 0.4) is 0 Å². The smallest absolute Gasteiger partial charge is 0.246 e. The van der Waals surface area contributed by atoms with Gasteiger partial charge in [0.1, 0.15) is 52.8 Å². The van der Waals surface area contributed by atoms with E-state index in [-0.39, 0.29) is 23.0 Å². The number of aromatic nitrogens is 1. The number of ether oxygens (including phenoxy) is 1. The number of primary amides is 1. The van der Waals surface area contributed by atoms with Crippen LogP contribution in [0.5, 0.6) is 5.75 Å². The van der Waals surface area contributed by atoms with Gasteiger partial charge >= 0.3 is 0 Å². The first kappa shape index (κ1) is 56.4. The molecule has 11 atom stereocenters. The number of nitrogens with one attached hydrogen (secondary N) is 8. The molecule has 396 valence electrons. The number of hydrogen-bond donors (Lipinski definition) is 12. The predicted molar refractivity (Wildman–Crippen MR) is 255 cm³/mol. The summed E-state index contributed by atoms with van der Waals surface area (Å²) in [4.78, 5) is 140. The molecule has 72 heavy (non-hydrogen) atoms. The Hall–Kier alpha value is -6.51. The Bertz CT molecular complexity index is 2420. The molecule has 2 aromatic rings. The van der Waals surface area contributed by atoms with Gasteiger partial charge < -0.3 is 77.7 Å². The van der Waals surface area contributed by atoms with Gasteiger partial charge in [-0.05, 0) is 49.8 Å². The number of aromatic amines is 1. The van der Waals surface area contributed by atoms with Gasteiger partial charge in [-0.25, -0.2) is 0 Å². The summed E-state index contributed by atoms with van der Waals surface area (Å²) in [6.45, 7) is 3.56. The van der Waals surface area contributed by atoms with Gasteiger partial charge in [0.05, 0.1) is 67.0 Å². The van der Waals surface area contributed by atoms with Crippen LogP contribution < -0.4 is 47.7 Å². The molecular formula is C46H66N10O15S. The summed E-state index contributed by atoms with van der Waals surface area (Å²) >= 11 is 0. The number of aliphatic hydroxyl groups is 3. The highest BCUT2D eigenvalue weighted by Gasteiger charge is 2.45. The number of aliphatic hydroxyl groups excluding tert-OH is 3. The quantitative estimate of drug-likeness (QED) is 0.0801.